The summed E-state index contributed by atoms with van der Waals surface area (Å²) in [5.74, 6) is 0.202. The van der Waals surface area contributed by atoms with Gasteiger partial charge in [0.25, 0.3) is 0 Å². The van der Waals surface area contributed by atoms with Gasteiger partial charge in [-0.2, -0.15) is 0 Å². The minimum atomic E-state index is 0.202. The number of hydrogen-bond donors (Lipinski definition) is 2. The van der Waals surface area contributed by atoms with Crippen LogP contribution in [0.5, 0.6) is 0 Å². The van der Waals surface area contributed by atoms with E-state index in [0.717, 1.165) is 38.9 Å². The lowest BCUT2D eigenvalue weighted by Gasteiger charge is -2.21. The van der Waals surface area contributed by atoms with E-state index in [1.165, 1.54) is 32.1 Å². The van der Waals surface area contributed by atoms with Crippen molar-refractivity contribution in [3.8, 4) is 0 Å². The molecule has 1 aromatic heterocycles. The molecule has 1 heterocycles. The summed E-state index contributed by atoms with van der Waals surface area (Å²) in [6.45, 7) is 2.68. The Morgan fingerprint density at radius 1 is 1.14 bits per heavy atom. The number of imidazole rings is 1. The molecule has 1 aliphatic rings. The van der Waals surface area contributed by atoms with Crippen molar-refractivity contribution in [2.24, 2.45) is 0 Å². The number of nitrogens with one attached hydrogen (secondary N) is 2. The lowest BCUT2D eigenvalue weighted by Crippen LogP contribution is -2.36. The van der Waals surface area contributed by atoms with E-state index >= 15 is 0 Å². The lowest BCUT2D eigenvalue weighted by molar-refractivity contribution is -0.121. The van der Waals surface area contributed by atoms with Crippen molar-refractivity contribution in [1.82, 2.24) is 20.2 Å². The highest BCUT2D eigenvalue weighted by molar-refractivity contribution is 5.76. The molecule has 0 radical (unpaired) electrons. The van der Waals surface area contributed by atoms with Crippen molar-refractivity contribution in [3.63, 3.8) is 0 Å². The second kappa shape index (κ2) is 10.4. The molecule has 2 N–H and O–H groups in total. The van der Waals surface area contributed by atoms with Gasteiger partial charge in [0.15, 0.2) is 0 Å². The molecule has 5 heteroatoms. The molecule has 0 saturated heterocycles. The van der Waals surface area contributed by atoms with E-state index in [-0.39, 0.29) is 5.91 Å². The first-order valence-corrected chi connectivity index (χ1v) is 8.80. The number of aryl methyl sites for hydroxylation is 1. The third-order valence-corrected chi connectivity index (χ3v) is 4.33. The van der Waals surface area contributed by atoms with Crippen LogP contribution in [0.4, 0.5) is 0 Å². The van der Waals surface area contributed by atoms with Gasteiger partial charge in [0.05, 0.1) is 6.33 Å². The molecule has 1 aliphatic carbocycles. The summed E-state index contributed by atoms with van der Waals surface area (Å²) in [5, 5.41) is 6.55. The first-order chi connectivity index (χ1) is 10.8. The van der Waals surface area contributed by atoms with Crippen LogP contribution < -0.4 is 10.6 Å². The topological polar surface area (TPSA) is 59.0 Å². The SMILES string of the molecule is O=C(CCNCCCn1ccnc1)NC1CCCCCCC1. The second-order valence-electron chi connectivity index (χ2n) is 6.26. The zero-order valence-electron chi connectivity index (χ0n) is 13.6. The zero-order chi connectivity index (χ0) is 15.5. The summed E-state index contributed by atoms with van der Waals surface area (Å²) in [7, 11) is 0. The van der Waals surface area contributed by atoms with Gasteiger partial charge in [-0.3, -0.25) is 4.79 Å². The van der Waals surface area contributed by atoms with Crippen LogP contribution in [0.15, 0.2) is 18.7 Å². The number of carbonyl (C=O) groups excluding carboxylic acids is 1. The van der Waals surface area contributed by atoms with E-state index in [1.807, 2.05) is 12.5 Å². The first kappa shape index (κ1) is 17.0. The van der Waals surface area contributed by atoms with Gasteiger partial charge in [-0.1, -0.05) is 32.1 Å². The van der Waals surface area contributed by atoms with Crippen molar-refractivity contribution in [1.29, 1.82) is 0 Å². The molecule has 22 heavy (non-hydrogen) atoms. The number of aromatic nitrogens is 2. The molecular formula is C17H30N4O. The molecule has 0 unspecified atom stereocenters. The predicted molar refractivity (Wildman–Crippen MR) is 88.6 cm³/mol. The molecular weight excluding hydrogens is 276 g/mol. The fourth-order valence-corrected chi connectivity index (χ4v) is 3.03. The van der Waals surface area contributed by atoms with E-state index in [4.69, 9.17) is 0 Å². The molecule has 1 fully saturated rings. The van der Waals surface area contributed by atoms with Crippen molar-refractivity contribution >= 4 is 5.91 Å². The summed E-state index contributed by atoms with van der Waals surface area (Å²) in [6.07, 6.45) is 16.1. The van der Waals surface area contributed by atoms with Crippen LogP contribution in [-0.4, -0.2) is 34.6 Å². The molecule has 2 rings (SSSR count). The molecule has 0 atom stereocenters. The third-order valence-electron chi connectivity index (χ3n) is 4.33. The van der Waals surface area contributed by atoms with Crippen LogP contribution in [0.25, 0.3) is 0 Å². The minimum absolute atomic E-state index is 0.202. The molecule has 0 aliphatic heterocycles. The number of carbonyl (C=O) groups is 1. The highest BCUT2D eigenvalue weighted by Gasteiger charge is 2.13. The Hall–Kier alpha value is -1.36. The van der Waals surface area contributed by atoms with Crippen molar-refractivity contribution in [3.05, 3.63) is 18.7 Å². The van der Waals surface area contributed by atoms with Gasteiger partial charge in [-0.15, -0.1) is 0 Å². The molecule has 0 spiro atoms. The Kier molecular flexibility index (Phi) is 8.02. The predicted octanol–water partition coefficient (Wildman–Crippen LogP) is 2.48. The third kappa shape index (κ3) is 7.07. The Morgan fingerprint density at radius 3 is 2.64 bits per heavy atom. The molecule has 1 saturated carbocycles. The van der Waals surface area contributed by atoms with Crippen LogP contribution in [-0.2, 0) is 11.3 Å². The van der Waals surface area contributed by atoms with Gasteiger partial charge in [0.1, 0.15) is 0 Å². The van der Waals surface area contributed by atoms with Gasteiger partial charge in [0.2, 0.25) is 5.91 Å². The largest absolute Gasteiger partial charge is 0.353 e. The molecule has 5 nitrogen and oxygen atoms in total. The maximum atomic E-state index is 12.0. The number of amides is 1. The Morgan fingerprint density at radius 2 is 1.91 bits per heavy atom. The van der Waals surface area contributed by atoms with Crippen molar-refractivity contribution in [2.45, 2.75) is 70.4 Å². The highest BCUT2D eigenvalue weighted by Crippen LogP contribution is 2.17. The first-order valence-electron chi connectivity index (χ1n) is 8.80. The maximum absolute atomic E-state index is 12.0. The maximum Gasteiger partial charge on any atom is 0.221 e. The van der Waals surface area contributed by atoms with E-state index in [9.17, 15) is 4.79 Å². The molecule has 0 bridgehead atoms. The van der Waals surface area contributed by atoms with E-state index < -0.39 is 0 Å². The van der Waals surface area contributed by atoms with Crippen molar-refractivity contribution < 1.29 is 4.79 Å². The molecule has 1 aromatic rings. The van der Waals surface area contributed by atoms with Crippen LogP contribution in [0, 0.1) is 0 Å². The van der Waals surface area contributed by atoms with E-state index in [0.29, 0.717) is 12.5 Å². The van der Waals surface area contributed by atoms with Crippen LogP contribution >= 0.6 is 0 Å². The van der Waals surface area contributed by atoms with Crippen molar-refractivity contribution in [2.75, 3.05) is 13.1 Å². The van der Waals surface area contributed by atoms with E-state index in [1.54, 1.807) is 6.20 Å². The summed E-state index contributed by atoms with van der Waals surface area (Å²) >= 11 is 0. The van der Waals surface area contributed by atoms with Gasteiger partial charge < -0.3 is 15.2 Å². The monoisotopic (exact) mass is 306 g/mol. The van der Waals surface area contributed by atoms with Gasteiger partial charge in [-0.05, 0) is 25.8 Å². The van der Waals surface area contributed by atoms with Crippen LogP contribution in [0.1, 0.15) is 57.8 Å². The summed E-state index contributed by atoms with van der Waals surface area (Å²) in [4.78, 5) is 16.0. The smallest absolute Gasteiger partial charge is 0.221 e. The van der Waals surface area contributed by atoms with Gasteiger partial charge in [0, 0.05) is 37.9 Å². The summed E-state index contributed by atoms with van der Waals surface area (Å²) in [5.41, 5.74) is 0. The number of rotatable bonds is 8. The second-order valence-corrected chi connectivity index (χ2v) is 6.26. The molecule has 0 aromatic carbocycles. The average molecular weight is 306 g/mol. The molecule has 1 amide bonds. The Balaban J connectivity index is 1.48. The number of hydrogen-bond acceptors (Lipinski definition) is 3. The number of nitrogens with zero attached hydrogens (tertiary/aromatic N) is 2. The fourth-order valence-electron chi connectivity index (χ4n) is 3.03. The highest BCUT2D eigenvalue weighted by atomic mass is 16.1. The Labute approximate surface area is 133 Å². The standard InChI is InChI=1S/C17H30N4O/c22-17(20-16-7-4-2-1-3-5-8-16)9-11-18-10-6-13-21-14-12-19-15-21/h12,14-16,18H,1-11,13H2,(H,20,22). The average Bonchev–Trinajstić information content (AvgIpc) is 2.98. The van der Waals surface area contributed by atoms with Crippen LogP contribution in [0.2, 0.25) is 0 Å². The quantitative estimate of drug-likeness (QED) is 0.725. The van der Waals surface area contributed by atoms with Gasteiger partial charge >= 0.3 is 0 Å². The minimum Gasteiger partial charge on any atom is -0.353 e. The Bertz CT molecular complexity index is 397. The summed E-state index contributed by atoms with van der Waals surface area (Å²) < 4.78 is 2.07. The normalized spacial score (nSPS) is 16.9. The summed E-state index contributed by atoms with van der Waals surface area (Å²) in [6, 6.07) is 0.411. The van der Waals surface area contributed by atoms with Crippen LogP contribution in [0.3, 0.4) is 0 Å². The lowest BCUT2D eigenvalue weighted by atomic mass is 9.96. The zero-order valence-corrected chi connectivity index (χ0v) is 13.6. The fraction of sp³-hybridized carbons (Fsp3) is 0.765. The molecule has 124 valence electrons. The van der Waals surface area contributed by atoms with Gasteiger partial charge in [-0.25, -0.2) is 4.98 Å². The van der Waals surface area contributed by atoms with E-state index in [2.05, 4.69) is 20.2 Å².